The summed E-state index contributed by atoms with van der Waals surface area (Å²) in [6, 6.07) is 0. The van der Waals surface area contributed by atoms with Crippen LogP contribution in [0.25, 0.3) is 0 Å². The SMILES string of the molecule is C/C=C\C(C)=C/CC.CC.CCC. The molecule has 0 rings (SSSR count). The molecule has 13 heavy (non-hydrogen) atoms. The second kappa shape index (κ2) is 22.5. The van der Waals surface area contributed by atoms with E-state index in [1.807, 2.05) is 20.8 Å². The van der Waals surface area contributed by atoms with Gasteiger partial charge in [-0.2, -0.15) is 0 Å². The van der Waals surface area contributed by atoms with Gasteiger partial charge in [-0.3, -0.25) is 0 Å². The summed E-state index contributed by atoms with van der Waals surface area (Å²) in [6.45, 7) is 14.5. The molecule has 0 aromatic carbocycles. The molecule has 0 aliphatic rings. The maximum Gasteiger partial charge on any atom is -0.0374 e. The highest BCUT2D eigenvalue weighted by molar-refractivity contribution is 5.14. The van der Waals surface area contributed by atoms with E-state index in [0.717, 1.165) is 6.42 Å². The van der Waals surface area contributed by atoms with Gasteiger partial charge < -0.3 is 0 Å². The van der Waals surface area contributed by atoms with Crippen LogP contribution >= 0.6 is 0 Å². The van der Waals surface area contributed by atoms with E-state index in [2.05, 4.69) is 45.9 Å². The van der Waals surface area contributed by atoms with Gasteiger partial charge in [-0.05, 0) is 20.3 Å². The molecular weight excluding hydrogens is 156 g/mol. The van der Waals surface area contributed by atoms with Gasteiger partial charge in [0, 0.05) is 0 Å². The Hall–Kier alpha value is -0.520. The van der Waals surface area contributed by atoms with Crippen LogP contribution in [0, 0.1) is 0 Å². The Morgan fingerprint density at radius 3 is 1.69 bits per heavy atom. The Kier molecular flexibility index (Phi) is 31.7. The van der Waals surface area contributed by atoms with Crippen molar-refractivity contribution >= 4 is 0 Å². The van der Waals surface area contributed by atoms with Gasteiger partial charge in [0.1, 0.15) is 0 Å². The van der Waals surface area contributed by atoms with Gasteiger partial charge in [-0.25, -0.2) is 0 Å². The van der Waals surface area contributed by atoms with Crippen LogP contribution in [-0.4, -0.2) is 0 Å². The first-order valence-corrected chi connectivity index (χ1v) is 5.52. The Morgan fingerprint density at radius 2 is 1.46 bits per heavy atom. The number of rotatable bonds is 2. The summed E-state index contributed by atoms with van der Waals surface area (Å²) < 4.78 is 0. The molecule has 0 saturated carbocycles. The van der Waals surface area contributed by atoms with Gasteiger partial charge in [0.05, 0.1) is 0 Å². The molecule has 0 aromatic heterocycles. The van der Waals surface area contributed by atoms with Crippen molar-refractivity contribution < 1.29 is 0 Å². The molecule has 0 saturated heterocycles. The van der Waals surface area contributed by atoms with E-state index in [1.54, 1.807) is 0 Å². The molecule has 0 N–H and O–H groups in total. The van der Waals surface area contributed by atoms with E-state index in [4.69, 9.17) is 0 Å². The van der Waals surface area contributed by atoms with Crippen molar-refractivity contribution in [2.45, 2.75) is 61.3 Å². The molecule has 0 aromatic rings. The van der Waals surface area contributed by atoms with Crippen molar-refractivity contribution in [1.82, 2.24) is 0 Å². The average Bonchev–Trinajstić information content (AvgIpc) is 2.10. The van der Waals surface area contributed by atoms with E-state index in [0.29, 0.717) is 0 Å². The highest BCUT2D eigenvalue weighted by atomic mass is 13.8. The monoisotopic (exact) mass is 184 g/mol. The van der Waals surface area contributed by atoms with E-state index in [1.165, 1.54) is 12.0 Å². The van der Waals surface area contributed by atoms with Crippen molar-refractivity contribution in [1.29, 1.82) is 0 Å². The third-order valence-corrected chi connectivity index (χ3v) is 0.956. The average molecular weight is 184 g/mol. The van der Waals surface area contributed by atoms with Gasteiger partial charge in [0.25, 0.3) is 0 Å². The zero-order valence-corrected chi connectivity index (χ0v) is 10.6. The summed E-state index contributed by atoms with van der Waals surface area (Å²) in [4.78, 5) is 0. The first kappa shape index (κ1) is 18.3. The van der Waals surface area contributed by atoms with Crippen molar-refractivity contribution in [3.63, 3.8) is 0 Å². The number of hydrogen-bond donors (Lipinski definition) is 0. The zero-order chi connectivity index (χ0) is 11.1. The molecule has 0 spiro atoms. The van der Waals surface area contributed by atoms with Crippen LogP contribution in [0.4, 0.5) is 0 Å². The summed E-state index contributed by atoms with van der Waals surface area (Å²) in [6.07, 6.45) is 8.77. The molecule has 0 heterocycles. The lowest BCUT2D eigenvalue weighted by molar-refractivity contribution is 1.09. The quantitative estimate of drug-likeness (QED) is 0.507. The Bertz CT molecular complexity index is 107. The largest absolute Gasteiger partial charge is 0.0874 e. The topological polar surface area (TPSA) is 0 Å². The van der Waals surface area contributed by atoms with Gasteiger partial charge >= 0.3 is 0 Å². The van der Waals surface area contributed by atoms with Crippen molar-refractivity contribution in [2.24, 2.45) is 0 Å². The first-order valence-electron chi connectivity index (χ1n) is 5.52. The summed E-state index contributed by atoms with van der Waals surface area (Å²) in [5, 5.41) is 0. The smallest absolute Gasteiger partial charge is 0.0374 e. The Labute approximate surface area is 85.8 Å². The minimum Gasteiger partial charge on any atom is -0.0874 e. The zero-order valence-electron chi connectivity index (χ0n) is 10.6. The second-order valence-corrected chi connectivity index (χ2v) is 2.56. The molecule has 0 radical (unpaired) electrons. The molecule has 0 unspecified atom stereocenters. The molecule has 0 aliphatic heterocycles. The van der Waals surface area contributed by atoms with Crippen LogP contribution < -0.4 is 0 Å². The minimum atomic E-state index is 1.14. The Morgan fingerprint density at radius 1 is 1.08 bits per heavy atom. The van der Waals surface area contributed by atoms with Crippen molar-refractivity contribution in [3.05, 3.63) is 23.8 Å². The van der Waals surface area contributed by atoms with Crippen LogP contribution in [0.1, 0.15) is 61.3 Å². The molecule has 0 atom stereocenters. The fourth-order valence-corrected chi connectivity index (χ4v) is 0.653. The first-order chi connectivity index (χ1) is 6.22. The van der Waals surface area contributed by atoms with Crippen LogP contribution in [0.3, 0.4) is 0 Å². The third-order valence-electron chi connectivity index (χ3n) is 0.956. The van der Waals surface area contributed by atoms with Gasteiger partial charge in [-0.1, -0.05) is 64.8 Å². The van der Waals surface area contributed by atoms with Crippen LogP contribution in [0.15, 0.2) is 23.8 Å². The van der Waals surface area contributed by atoms with Gasteiger partial charge in [0.15, 0.2) is 0 Å². The molecule has 0 aliphatic carbocycles. The van der Waals surface area contributed by atoms with Crippen LogP contribution in [0.5, 0.6) is 0 Å². The lowest BCUT2D eigenvalue weighted by Crippen LogP contribution is -1.64. The molecule has 0 amide bonds. The van der Waals surface area contributed by atoms with Gasteiger partial charge in [-0.15, -0.1) is 0 Å². The lowest BCUT2D eigenvalue weighted by atomic mass is 10.2. The number of hydrogen-bond acceptors (Lipinski definition) is 0. The van der Waals surface area contributed by atoms with Crippen LogP contribution in [0.2, 0.25) is 0 Å². The summed E-state index contributed by atoms with van der Waals surface area (Å²) >= 11 is 0. The summed E-state index contributed by atoms with van der Waals surface area (Å²) in [7, 11) is 0. The summed E-state index contributed by atoms with van der Waals surface area (Å²) in [5.41, 5.74) is 1.36. The molecule has 0 bridgehead atoms. The van der Waals surface area contributed by atoms with Crippen molar-refractivity contribution in [3.8, 4) is 0 Å². The fraction of sp³-hybridized carbons (Fsp3) is 0.692. The highest BCUT2D eigenvalue weighted by Gasteiger charge is 1.74. The predicted molar refractivity (Wildman–Crippen MR) is 66.2 cm³/mol. The normalized spacial score (nSPS) is 9.92. The minimum absolute atomic E-state index is 1.14. The molecule has 0 nitrogen and oxygen atoms in total. The maximum atomic E-state index is 2.21. The fourth-order valence-electron chi connectivity index (χ4n) is 0.653. The molecule has 0 fully saturated rings. The molecule has 0 heteroatoms. The van der Waals surface area contributed by atoms with Crippen LogP contribution in [-0.2, 0) is 0 Å². The lowest BCUT2D eigenvalue weighted by Gasteiger charge is -1.85. The van der Waals surface area contributed by atoms with E-state index < -0.39 is 0 Å². The third kappa shape index (κ3) is 34.4. The molecule has 80 valence electrons. The maximum absolute atomic E-state index is 2.21. The second-order valence-electron chi connectivity index (χ2n) is 2.56. The number of allylic oxidation sites excluding steroid dienone is 4. The van der Waals surface area contributed by atoms with Crippen molar-refractivity contribution in [2.75, 3.05) is 0 Å². The summed E-state index contributed by atoms with van der Waals surface area (Å²) in [5.74, 6) is 0. The van der Waals surface area contributed by atoms with E-state index in [9.17, 15) is 0 Å². The molecular formula is C13H28. The predicted octanol–water partition coefficient (Wildman–Crippen LogP) is 5.36. The Balaban J connectivity index is -0.000000169. The standard InChI is InChI=1S/C8H14.C3H8.C2H6/c1-4-6-8(3)7-5-2;1-3-2;1-2/h4,6-7H,5H2,1-3H3;3H2,1-2H3;1-2H3/b6-4-,8-7-;;. The highest BCUT2D eigenvalue weighted by Crippen LogP contribution is 1.95. The van der Waals surface area contributed by atoms with E-state index in [-0.39, 0.29) is 0 Å². The van der Waals surface area contributed by atoms with E-state index >= 15 is 0 Å². The van der Waals surface area contributed by atoms with Gasteiger partial charge in [0.2, 0.25) is 0 Å².